The van der Waals surface area contributed by atoms with Crippen molar-refractivity contribution in [3.63, 3.8) is 0 Å². The van der Waals surface area contributed by atoms with E-state index in [0.29, 0.717) is 28.5 Å². The summed E-state index contributed by atoms with van der Waals surface area (Å²) in [6, 6.07) is 8.81. The Morgan fingerprint density at radius 3 is 2.83 bits per heavy atom. The molecule has 1 aromatic heterocycles. The lowest BCUT2D eigenvalue weighted by molar-refractivity contribution is 0.0733. The normalized spacial score (nSPS) is 13.0. The predicted molar refractivity (Wildman–Crippen MR) is 88.2 cm³/mol. The number of nitrogens with zero attached hydrogens (tertiary/aromatic N) is 1. The largest absolute Gasteiger partial charge is 0.490 e. The average Bonchev–Trinajstić information content (AvgIpc) is 3.01. The molecule has 1 aliphatic carbocycles. The van der Waals surface area contributed by atoms with Gasteiger partial charge in [0.05, 0.1) is 18.2 Å². The van der Waals surface area contributed by atoms with Crippen molar-refractivity contribution < 1.29 is 14.3 Å². The van der Waals surface area contributed by atoms with Gasteiger partial charge in [-0.05, 0) is 56.4 Å². The number of hydrogen-bond acceptors (Lipinski definition) is 5. The number of hydrogen-bond donors (Lipinski definition) is 0. The lowest BCUT2D eigenvalue weighted by atomic mass is 9.99. The molecular weight excluding hydrogens is 310 g/mol. The highest BCUT2D eigenvalue weighted by atomic mass is 32.1. The monoisotopic (exact) mass is 327 g/mol. The topological polar surface area (TPSA) is 59.3 Å². The number of ether oxygens (including phenoxy) is 2. The minimum atomic E-state index is -0.366. The van der Waals surface area contributed by atoms with E-state index in [1.807, 2.05) is 13.0 Å². The predicted octanol–water partition coefficient (Wildman–Crippen LogP) is 4.12. The molecule has 5 heteroatoms. The van der Waals surface area contributed by atoms with Crippen LogP contribution >= 0.6 is 11.3 Å². The molecule has 4 nitrogen and oxygen atoms in total. The van der Waals surface area contributed by atoms with Gasteiger partial charge in [-0.2, -0.15) is 5.26 Å². The third kappa shape index (κ3) is 3.38. The summed E-state index contributed by atoms with van der Waals surface area (Å²) in [7, 11) is 0. The van der Waals surface area contributed by atoms with Crippen molar-refractivity contribution in [3.05, 3.63) is 45.1 Å². The summed E-state index contributed by atoms with van der Waals surface area (Å²) < 4.78 is 11.0. The van der Waals surface area contributed by atoms with Crippen molar-refractivity contribution in [2.45, 2.75) is 32.6 Å². The summed E-state index contributed by atoms with van der Waals surface area (Å²) in [4.78, 5) is 14.3. The summed E-state index contributed by atoms with van der Waals surface area (Å²) in [5, 5.41) is 8.96. The fourth-order valence-electron chi connectivity index (χ4n) is 2.67. The first-order chi connectivity index (χ1) is 11.2. The molecule has 23 heavy (non-hydrogen) atoms. The molecule has 0 bridgehead atoms. The summed E-state index contributed by atoms with van der Waals surface area (Å²) in [6.45, 7) is 2.28. The van der Waals surface area contributed by atoms with Crippen LogP contribution in [0.25, 0.3) is 0 Å². The molecule has 118 valence electrons. The molecule has 0 fully saturated rings. The zero-order valence-corrected chi connectivity index (χ0v) is 13.7. The second kappa shape index (κ2) is 6.84. The Bertz CT molecular complexity index is 750. The number of aryl methyl sites for hydroxylation is 2. The van der Waals surface area contributed by atoms with Crippen LogP contribution in [0.4, 0.5) is 0 Å². The van der Waals surface area contributed by atoms with E-state index in [9.17, 15) is 4.79 Å². The summed E-state index contributed by atoms with van der Waals surface area (Å²) in [5.41, 5.74) is 1.75. The quantitative estimate of drug-likeness (QED) is 0.626. The van der Waals surface area contributed by atoms with Crippen molar-refractivity contribution in [3.8, 4) is 17.6 Å². The van der Waals surface area contributed by atoms with Crippen LogP contribution in [0.15, 0.2) is 24.3 Å². The molecule has 1 aliphatic rings. The molecule has 2 aromatic rings. The zero-order valence-electron chi connectivity index (χ0n) is 12.9. The second-order valence-electron chi connectivity index (χ2n) is 5.36. The van der Waals surface area contributed by atoms with Gasteiger partial charge >= 0.3 is 5.97 Å². The lowest BCUT2D eigenvalue weighted by Gasteiger charge is -2.10. The van der Waals surface area contributed by atoms with Crippen LogP contribution in [-0.4, -0.2) is 12.6 Å². The van der Waals surface area contributed by atoms with Gasteiger partial charge in [0.15, 0.2) is 11.5 Å². The molecule has 0 unspecified atom stereocenters. The fraction of sp³-hybridized carbons (Fsp3) is 0.333. The smallest absolute Gasteiger partial charge is 0.353 e. The Balaban J connectivity index is 1.82. The maximum Gasteiger partial charge on any atom is 0.353 e. The maximum atomic E-state index is 12.4. The first-order valence-corrected chi connectivity index (χ1v) is 8.53. The highest BCUT2D eigenvalue weighted by molar-refractivity contribution is 7.14. The second-order valence-corrected chi connectivity index (χ2v) is 6.50. The molecule has 0 radical (unpaired) electrons. The molecule has 0 aliphatic heterocycles. The third-order valence-electron chi connectivity index (χ3n) is 3.77. The number of thiophene rings is 1. The Morgan fingerprint density at radius 2 is 2.09 bits per heavy atom. The zero-order chi connectivity index (χ0) is 16.2. The van der Waals surface area contributed by atoms with Crippen molar-refractivity contribution in [2.24, 2.45) is 0 Å². The average molecular weight is 327 g/mol. The van der Waals surface area contributed by atoms with E-state index in [4.69, 9.17) is 14.7 Å². The molecule has 3 rings (SSSR count). The van der Waals surface area contributed by atoms with E-state index in [-0.39, 0.29) is 5.97 Å². The fourth-order valence-corrected chi connectivity index (χ4v) is 3.80. The summed E-state index contributed by atoms with van der Waals surface area (Å²) >= 11 is 1.52. The number of benzene rings is 1. The number of carbonyl (C=O) groups excluding carboxylic acids is 1. The van der Waals surface area contributed by atoms with Crippen LogP contribution in [0.1, 0.15) is 45.4 Å². The van der Waals surface area contributed by atoms with E-state index in [0.717, 1.165) is 12.8 Å². The van der Waals surface area contributed by atoms with Crippen LogP contribution in [0, 0.1) is 11.3 Å². The van der Waals surface area contributed by atoms with Crippen LogP contribution in [0.5, 0.6) is 11.5 Å². The Kier molecular flexibility index (Phi) is 4.63. The van der Waals surface area contributed by atoms with Gasteiger partial charge in [0.25, 0.3) is 0 Å². The van der Waals surface area contributed by atoms with E-state index < -0.39 is 0 Å². The minimum Gasteiger partial charge on any atom is -0.490 e. The van der Waals surface area contributed by atoms with Crippen LogP contribution in [0.2, 0.25) is 0 Å². The number of nitriles is 1. The Labute approximate surface area is 139 Å². The van der Waals surface area contributed by atoms with Crippen molar-refractivity contribution in [2.75, 3.05) is 6.61 Å². The first kappa shape index (κ1) is 15.6. The van der Waals surface area contributed by atoms with Gasteiger partial charge in [0.2, 0.25) is 0 Å². The molecule has 1 aromatic carbocycles. The van der Waals surface area contributed by atoms with Gasteiger partial charge in [0.1, 0.15) is 4.88 Å². The van der Waals surface area contributed by atoms with Crippen molar-refractivity contribution in [1.82, 2.24) is 0 Å². The molecular formula is C18H17NO3S. The van der Waals surface area contributed by atoms with Crippen molar-refractivity contribution >= 4 is 17.3 Å². The maximum absolute atomic E-state index is 12.4. The Hall–Kier alpha value is -2.32. The van der Waals surface area contributed by atoms with Gasteiger partial charge in [-0.1, -0.05) is 0 Å². The number of esters is 1. The molecule has 0 atom stereocenters. The van der Waals surface area contributed by atoms with Crippen LogP contribution in [-0.2, 0) is 12.8 Å². The van der Waals surface area contributed by atoms with E-state index >= 15 is 0 Å². The first-order valence-electron chi connectivity index (χ1n) is 7.72. The number of fused-ring (bicyclic) bond motifs is 1. The van der Waals surface area contributed by atoms with E-state index in [1.165, 1.54) is 34.6 Å². The standard InChI is InChI=1S/C18H17NO3S/c1-2-21-15-9-12(11-19)7-8-14(15)22-18(20)17-10-13-5-3-4-6-16(13)23-17/h7-10H,2-6H2,1H3. The summed E-state index contributed by atoms with van der Waals surface area (Å²) in [5.74, 6) is 0.401. The third-order valence-corrected chi connectivity index (χ3v) is 4.99. The Morgan fingerprint density at radius 1 is 1.26 bits per heavy atom. The highest BCUT2D eigenvalue weighted by Gasteiger charge is 2.20. The van der Waals surface area contributed by atoms with Gasteiger partial charge in [-0.25, -0.2) is 4.79 Å². The molecule has 0 spiro atoms. The van der Waals surface area contributed by atoms with Gasteiger partial charge in [0, 0.05) is 10.9 Å². The number of rotatable bonds is 4. The SMILES string of the molecule is CCOc1cc(C#N)ccc1OC(=O)c1cc2c(s1)CCCC2. The van der Waals surface area contributed by atoms with E-state index in [2.05, 4.69) is 6.07 Å². The van der Waals surface area contributed by atoms with Crippen LogP contribution in [0.3, 0.4) is 0 Å². The number of carbonyl (C=O) groups is 1. The lowest BCUT2D eigenvalue weighted by Crippen LogP contribution is -2.08. The van der Waals surface area contributed by atoms with Gasteiger partial charge in [-0.15, -0.1) is 11.3 Å². The summed E-state index contributed by atoms with van der Waals surface area (Å²) in [6.07, 6.45) is 4.46. The highest BCUT2D eigenvalue weighted by Crippen LogP contribution is 2.32. The molecule has 0 N–H and O–H groups in total. The molecule has 0 saturated heterocycles. The van der Waals surface area contributed by atoms with Gasteiger partial charge < -0.3 is 9.47 Å². The van der Waals surface area contributed by atoms with E-state index in [1.54, 1.807) is 18.2 Å². The molecule has 0 saturated carbocycles. The molecule has 1 heterocycles. The molecule has 0 amide bonds. The minimum absolute atomic E-state index is 0.349. The van der Waals surface area contributed by atoms with Gasteiger partial charge in [-0.3, -0.25) is 0 Å². The van der Waals surface area contributed by atoms with Crippen molar-refractivity contribution in [1.29, 1.82) is 5.26 Å². The van der Waals surface area contributed by atoms with Crippen LogP contribution < -0.4 is 9.47 Å².